The van der Waals surface area contributed by atoms with Crippen molar-refractivity contribution in [2.45, 2.75) is 19.9 Å². The Morgan fingerprint density at radius 3 is 2.62 bits per heavy atom. The van der Waals surface area contributed by atoms with E-state index in [0.717, 1.165) is 28.2 Å². The van der Waals surface area contributed by atoms with Crippen LogP contribution in [-0.4, -0.2) is 22.6 Å². The molecule has 1 heterocycles. The second kappa shape index (κ2) is 5.13. The summed E-state index contributed by atoms with van der Waals surface area (Å²) in [7, 11) is 0. The van der Waals surface area contributed by atoms with Gasteiger partial charge in [-0.15, -0.1) is 0 Å². The molecule has 0 saturated carbocycles. The maximum absolute atomic E-state index is 11.6. The van der Waals surface area contributed by atoms with Gasteiger partial charge in [-0.1, -0.05) is 36.4 Å². The lowest BCUT2D eigenvalue weighted by molar-refractivity contribution is 0.133. The third-order valence-electron chi connectivity index (χ3n) is 3.86. The number of carbonyl (C=O) groups is 1. The second-order valence-electron chi connectivity index (χ2n) is 5.10. The molecule has 21 heavy (non-hydrogen) atoms. The number of hydrogen-bond donors (Lipinski definition) is 1. The van der Waals surface area contributed by atoms with Crippen molar-refractivity contribution in [2.24, 2.45) is 0 Å². The van der Waals surface area contributed by atoms with Gasteiger partial charge < -0.3 is 9.84 Å². The molecule has 1 unspecified atom stereocenters. The molecule has 0 radical (unpaired) electrons. The summed E-state index contributed by atoms with van der Waals surface area (Å²) in [6, 6.07) is 13.1. The first-order chi connectivity index (χ1) is 10.1. The van der Waals surface area contributed by atoms with Crippen molar-refractivity contribution < 1.29 is 14.6 Å². The van der Waals surface area contributed by atoms with Gasteiger partial charge in [-0.05, 0) is 25.5 Å². The summed E-state index contributed by atoms with van der Waals surface area (Å²) in [4.78, 5) is 13.1. The first kappa shape index (κ1) is 13.5. The standard InChI is InChI=1S/C17H17NO3/c1-3-18(17(19)20)15-12-8-4-5-10-14(12)21-16-11(2)7-6-9-13(15)16/h4-10,15H,3H2,1-2H3,(H,19,20). The van der Waals surface area contributed by atoms with Crippen LogP contribution < -0.4 is 4.74 Å². The SMILES string of the molecule is CCN(C(=O)O)C1c2ccccc2Oc2c(C)cccc21. The lowest BCUT2D eigenvalue weighted by Crippen LogP contribution is -2.35. The molecule has 1 N–H and O–H groups in total. The van der Waals surface area contributed by atoms with Gasteiger partial charge in [0.15, 0.2) is 0 Å². The zero-order chi connectivity index (χ0) is 15.0. The average molecular weight is 283 g/mol. The summed E-state index contributed by atoms with van der Waals surface area (Å²) >= 11 is 0. The molecule has 2 aromatic rings. The Balaban J connectivity index is 2.23. The first-order valence-electron chi connectivity index (χ1n) is 6.99. The molecule has 4 heteroatoms. The van der Waals surface area contributed by atoms with E-state index in [1.165, 1.54) is 4.90 Å². The van der Waals surface area contributed by atoms with Crippen molar-refractivity contribution in [2.75, 3.05) is 6.54 Å². The normalized spacial score (nSPS) is 15.6. The predicted molar refractivity (Wildman–Crippen MR) is 79.9 cm³/mol. The van der Waals surface area contributed by atoms with Gasteiger partial charge in [0.05, 0.1) is 6.04 Å². The molecule has 0 fully saturated rings. The van der Waals surface area contributed by atoms with Crippen LogP contribution >= 0.6 is 0 Å². The number of amides is 1. The minimum absolute atomic E-state index is 0.327. The van der Waals surface area contributed by atoms with Crippen molar-refractivity contribution in [3.8, 4) is 11.5 Å². The Hall–Kier alpha value is -2.49. The number of para-hydroxylation sites is 2. The van der Waals surface area contributed by atoms with E-state index in [-0.39, 0.29) is 6.04 Å². The van der Waals surface area contributed by atoms with Gasteiger partial charge in [0.1, 0.15) is 11.5 Å². The van der Waals surface area contributed by atoms with E-state index in [0.29, 0.717) is 6.54 Å². The van der Waals surface area contributed by atoms with Crippen molar-refractivity contribution >= 4 is 6.09 Å². The Morgan fingerprint density at radius 1 is 1.19 bits per heavy atom. The van der Waals surface area contributed by atoms with Gasteiger partial charge in [-0.25, -0.2) is 4.79 Å². The number of rotatable bonds is 2. The highest BCUT2D eigenvalue weighted by molar-refractivity contribution is 5.69. The number of hydrogen-bond acceptors (Lipinski definition) is 2. The Labute approximate surface area is 123 Å². The molecule has 4 nitrogen and oxygen atoms in total. The molecular formula is C17H17NO3. The molecule has 1 atom stereocenters. The number of fused-ring (bicyclic) bond motifs is 2. The van der Waals surface area contributed by atoms with E-state index in [9.17, 15) is 9.90 Å². The summed E-state index contributed by atoms with van der Waals surface area (Å²) in [5, 5.41) is 9.53. The van der Waals surface area contributed by atoms with Crippen LogP contribution in [0.1, 0.15) is 29.7 Å². The molecule has 1 aliphatic heterocycles. The monoisotopic (exact) mass is 283 g/mol. The zero-order valence-corrected chi connectivity index (χ0v) is 12.0. The first-order valence-corrected chi connectivity index (χ1v) is 6.99. The molecule has 108 valence electrons. The van der Waals surface area contributed by atoms with Gasteiger partial charge in [0.2, 0.25) is 0 Å². The zero-order valence-electron chi connectivity index (χ0n) is 12.0. The smallest absolute Gasteiger partial charge is 0.408 e. The summed E-state index contributed by atoms with van der Waals surface area (Å²) < 4.78 is 5.99. The van der Waals surface area contributed by atoms with Gasteiger partial charge >= 0.3 is 6.09 Å². The highest BCUT2D eigenvalue weighted by Gasteiger charge is 2.34. The quantitative estimate of drug-likeness (QED) is 0.899. The van der Waals surface area contributed by atoms with Crippen molar-refractivity contribution in [3.05, 3.63) is 59.2 Å². The molecule has 0 aromatic heterocycles. The number of ether oxygens (including phenoxy) is 1. The Bertz CT molecular complexity index is 696. The highest BCUT2D eigenvalue weighted by atomic mass is 16.5. The van der Waals surface area contributed by atoms with Crippen molar-refractivity contribution in [1.29, 1.82) is 0 Å². The van der Waals surface area contributed by atoms with E-state index in [1.807, 2.05) is 56.3 Å². The van der Waals surface area contributed by atoms with Crippen LogP contribution in [0.5, 0.6) is 11.5 Å². The summed E-state index contributed by atoms with van der Waals surface area (Å²) in [5.41, 5.74) is 2.80. The van der Waals surface area contributed by atoms with Crippen LogP contribution in [0.3, 0.4) is 0 Å². The molecule has 0 bridgehead atoms. The average Bonchev–Trinajstić information content (AvgIpc) is 2.48. The third kappa shape index (κ3) is 2.13. The summed E-state index contributed by atoms with van der Waals surface area (Å²) in [6.45, 7) is 4.24. The maximum atomic E-state index is 11.6. The van der Waals surface area contributed by atoms with E-state index < -0.39 is 6.09 Å². The third-order valence-corrected chi connectivity index (χ3v) is 3.86. The van der Waals surface area contributed by atoms with E-state index in [4.69, 9.17) is 4.74 Å². The molecular weight excluding hydrogens is 266 g/mol. The number of aryl methyl sites for hydroxylation is 1. The van der Waals surface area contributed by atoms with Crippen LogP contribution in [0.4, 0.5) is 4.79 Å². The largest absolute Gasteiger partial charge is 0.465 e. The predicted octanol–water partition coefficient (Wildman–Crippen LogP) is 4.19. The molecule has 2 aromatic carbocycles. The Kier molecular flexibility index (Phi) is 3.29. The van der Waals surface area contributed by atoms with Crippen molar-refractivity contribution in [1.82, 2.24) is 4.90 Å². The minimum atomic E-state index is -0.924. The Morgan fingerprint density at radius 2 is 1.90 bits per heavy atom. The molecule has 1 amide bonds. The summed E-state index contributed by atoms with van der Waals surface area (Å²) in [5.74, 6) is 1.49. The van der Waals surface area contributed by atoms with Gasteiger partial charge in [0, 0.05) is 17.7 Å². The van der Waals surface area contributed by atoms with E-state index in [1.54, 1.807) is 0 Å². The van der Waals surface area contributed by atoms with E-state index in [2.05, 4.69) is 0 Å². The van der Waals surface area contributed by atoms with E-state index >= 15 is 0 Å². The summed E-state index contributed by atoms with van der Waals surface area (Å²) in [6.07, 6.45) is -0.924. The number of benzene rings is 2. The van der Waals surface area contributed by atoms with Gasteiger partial charge in [-0.2, -0.15) is 0 Å². The fourth-order valence-electron chi connectivity index (χ4n) is 2.87. The molecule has 1 aliphatic rings. The van der Waals surface area contributed by atoms with Crippen LogP contribution in [0, 0.1) is 6.92 Å². The maximum Gasteiger partial charge on any atom is 0.408 e. The molecule has 0 saturated heterocycles. The van der Waals surface area contributed by atoms with Crippen LogP contribution in [0.2, 0.25) is 0 Å². The molecule has 0 spiro atoms. The number of carboxylic acid groups (broad SMARTS) is 1. The van der Waals surface area contributed by atoms with Crippen LogP contribution in [0.15, 0.2) is 42.5 Å². The number of nitrogens with zero attached hydrogens (tertiary/aromatic N) is 1. The fraction of sp³-hybridized carbons (Fsp3) is 0.235. The van der Waals surface area contributed by atoms with Crippen LogP contribution in [0.25, 0.3) is 0 Å². The fourth-order valence-corrected chi connectivity index (χ4v) is 2.87. The second-order valence-corrected chi connectivity index (χ2v) is 5.10. The topological polar surface area (TPSA) is 49.8 Å². The lowest BCUT2D eigenvalue weighted by atomic mass is 9.92. The van der Waals surface area contributed by atoms with Gasteiger partial charge in [0.25, 0.3) is 0 Å². The van der Waals surface area contributed by atoms with Crippen molar-refractivity contribution in [3.63, 3.8) is 0 Å². The minimum Gasteiger partial charge on any atom is -0.465 e. The highest BCUT2D eigenvalue weighted by Crippen LogP contribution is 2.46. The molecule has 3 rings (SSSR count). The molecule has 0 aliphatic carbocycles. The van der Waals surface area contributed by atoms with Crippen LogP contribution in [-0.2, 0) is 0 Å². The van der Waals surface area contributed by atoms with Gasteiger partial charge in [-0.3, -0.25) is 4.90 Å². The lowest BCUT2D eigenvalue weighted by Gasteiger charge is -2.35.